The largest absolute Gasteiger partial charge is 0.507 e. The van der Waals surface area contributed by atoms with E-state index in [1.807, 2.05) is 0 Å². The van der Waals surface area contributed by atoms with Gasteiger partial charge in [-0.2, -0.15) is 0 Å². The minimum Gasteiger partial charge on any atom is -0.507 e. The summed E-state index contributed by atoms with van der Waals surface area (Å²) in [6.07, 6.45) is -6.13. The molecule has 1 aromatic heterocycles. The molecular formula is C22H22O9. The van der Waals surface area contributed by atoms with Crippen LogP contribution in [0.1, 0.15) is 11.7 Å². The van der Waals surface area contributed by atoms with Gasteiger partial charge in [-0.05, 0) is 29.8 Å². The molecule has 5 atom stereocenters. The second kappa shape index (κ2) is 8.29. The van der Waals surface area contributed by atoms with E-state index in [9.17, 15) is 30.3 Å². The summed E-state index contributed by atoms with van der Waals surface area (Å²) >= 11 is 0. The fourth-order valence-electron chi connectivity index (χ4n) is 3.80. The van der Waals surface area contributed by atoms with Crippen molar-refractivity contribution in [1.29, 1.82) is 0 Å². The standard InChI is InChI=1S/C22H22O9/c1-29-11-4-2-10(3-5-11)13-9-30-21-12(17(13)25)6-7-14(24)16(21)22-20(28)19(27)18(26)15(8-23)31-22/h2-7,9,15,18-20,22-24,26-28H,8H2,1H3/t15-,18+,19-,20-,22+/m1/s1. The predicted octanol–water partition coefficient (Wildman–Crippen LogP) is 0.689. The zero-order chi connectivity index (χ0) is 22.3. The number of methoxy groups -OCH3 is 1. The molecule has 0 aliphatic carbocycles. The van der Waals surface area contributed by atoms with E-state index < -0.39 is 37.1 Å². The Morgan fingerprint density at radius 3 is 2.35 bits per heavy atom. The highest BCUT2D eigenvalue weighted by molar-refractivity contribution is 5.86. The van der Waals surface area contributed by atoms with Crippen LogP contribution in [0.4, 0.5) is 0 Å². The maximum atomic E-state index is 13.1. The number of aliphatic hydroxyl groups excluding tert-OH is 4. The lowest BCUT2D eigenvalue weighted by Gasteiger charge is -2.40. The van der Waals surface area contributed by atoms with Crippen LogP contribution in [-0.4, -0.2) is 63.7 Å². The van der Waals surface area contributed by atoms with Crippen molar-refractivity contribution in [3.8, 4) is 22.6 Å². The van der Waals surface area contributed by atoms with Crippen molar-refractivity contribution >= 4 is 11.0 Å². The van der Waals surface area contributed by atoms with Gasteiger partial charge in [-0.15, -0.1) is 0 Å². The summed E-state index contributed by atoms with van der Waals surface area (Å²) in [7, 11) is 1.53. The highest BCUT2D eigenvalue weighted by Gasteiger charge is 2.45. The third-order valence-corrected chi connectivity index (χ3v) is 5.53. The molecule has 2 aromatic carbocycles. The molecule has 9 heteroatoms. The van der Waals surface area contributed by atoms with Crippen molar-refractivity contribution in [2.45, 2.75) is 30.5 Å². The first-order valence-electron chi connectivity index (χ1n) is 9.59. The van der Waals surface area contributed by atoms with Crippen LogP contribution in [0.2, 0.25) is 0 Å². The van der Waals surface area contributed by atoms with Crippen molar-refractivity contribution < 1.29 is 39.4 Å². The summed E-state index contributed by atoms with van der Waals surface area (Å²) in [5, 5.41) is 50.6. The fraction of sp³-hybridized carbons (Fsp3) is 0.318. The first kappa shape index (κ1) is 21.3. The molecule has 1 saturated heterocycles. The molecule has 0 radical (unpaired) electrons. The Hall–Kier alpha value is -2.95. The fourth-order valence-corrected chi connectivity index (χ4v) is 3.80. The third kappa shape index (κ3) is 3.56. The van der Waals surface area contributed by atoms with Gasteiger partial charge in [0.15, 0.2) is 0 Å². The van der Waals surface area contributed by atoms with E-state index in [2.05, 4.69) is 0 Å². The van der Waals surface area contributed by atoms with Crippen LogP contribution in [0.3, 0.4) is 0 Å². The van der Waals surface area contributed by atoms with Gasteiger partial charge in [-0.25, -0.2) is 0 Å². The number of hydrogen-bond donors (Lipinski definition) is 5. The summed E-state index contributed by atoms with van der Waals surface area (Å²) in [6.45, 7) is -0.626. The summed E-state index contributed by atoms with van der Waals surface area (Å²) < 4.78 is 16.4. The van der Waals surface area contributed by atoms with Gasteiger partial charge >= 0.3 is 0 Å². The Morgan fingerprint density at radius 1 is 1.00 bits per heavy atom. The summed E-state index contributed by atoms with van der Waals surface area (Å²) in [5.74, 6) is 0.293. The SMILES string of the molecule is COc1ccc(-c2coc3c([C@@H]4O[C@H](CO)[C@H](O)[C@@H](O)[C@H]4O)c(O)ccc3c2=O)cc1. The van der Waals surface area contributed by atoms with Gasteiger partial charge in [-0.3, -0.25) is 4.79 Å². The molecule has 31 heavy (non-hydrogen) atoms. The third-order valence-electron chi connectivity index (χ3n) is 5.53. The molecule has 1 aliphatic rings. The van der Waals surface area contributed by atoms with Crippen molar-refractivity contribution in [3.63, 3.8) is 0 Å². The van der Waals surface area contributed by atoms with Gasteiger partial charge in [0.05, 0.1) is 30.2 Å². The van der Waals surface area contributed by atoms with Crippen molar-refractivity contribution in [1.82, 2.24) is 0 Å². The van der Waals surface area contributed by atoms with Gasteiger partial charge in [0.2, 0.25) is 5.43 Å². The number of phenolic OH excluding ortho intramolecular Hbond substituents is 1. The van der Waals surface area contributed by atoms with Crippen LogP contribution < -0.4 is 10.2 Å². The van der Waals surface area contributed by atoms with Crippen molar-refractivity contribution in [2.24, 2.45) is 0 Å². The Bertz CT molecular complexity index is 1140. The normalized spacial score (nSPS) is 26.2. The lowest BCUT2D eigenvalue weighted by atomic mass is 9.89. The second-order valence-electron chi connectivity index (χ2n) is 7.33. The van der Waals surface area contributed by atoms with E-state index in [-0.39, 0.29) is 33.3 Å². The molecule has 2 heterocycles. The number of ether oxygens (including phenoxy) is 2. The first-order chi connectivity index (χ1) is 14.9. The molecule has 0 bridgehead atoms. The van der Waals surface area contributed by atoms with Crippen LogP contribution in [0, 0.1) is 0 Å². The van der Waals surface area contributed by atoms with E-state index in [4.69, 9.17) is 13.9 Å². The minimum atomic E-state index is -1.64. The van der Waals surface area contributed by atoms with Gasteiger partial charge in [0.25, 0.3) is 0 Å². The molecule has 1 aliphatic heterocycles. The molecule has 1 fully saturated rings. The zero-order valence-corrected chi connectivity index (χ0v) is 16.5. The lowest BCUT2D eigenvalue weighted by Crippen LogP contribution is -2.55. The number of phenols is 1. The van der Waals surface area contributed by atoms with E-state index >= 15 is 0 Å². The molecule has 0 spiro atoms. The van der Waals surface area contributed by atoms with E-state index in [1.165, 1.54) is 25.5 Å². The lowest BCUT2D eigenvalue weighted by molar-refractivity contribution is -0.231. The summed E-state index contributed by atoms with van der Waals surface area (Å²) in [4.78, 5) is 13.1. The Balaban J connectivity index is 1.84. The molecule has 3 aromatic rings. The number of aliphatic hydroxyl groups is 4. The number of aromatic hydroxyl groups is 1. The smallest absolute Gasteiger partial charge is 0.200 e. The highest BCUT2D eigenvalue weighted by atomic mass is 16.5. The average molecular weight is 430 g/mol. The van der Waals surface area contributed by atoms with E-state index in [0.717, 1.165) is 0 Å². The molecule has 164 valence electrons. The molecule has 0 unspecified atom stereocenters. The van der Waals surface area contributed by atoms with Crippen LogP contribution in [0.5, 0.6) is 11.5 Å². The molecular weight excluding hydrogens is 408 g/mol. The van der Waals surface area contributed by atoms with Crippen LogP contribution in [-0.2, 0) is 4.74 Å². The average Bonchev–Trinajstić information content (AvgIpc) is 2.79. The molecule has 4 rings (SSSR count). The maximum Gasteiger partial charge on any atom is 0.200 e. The summed E-state index contributed by atoms with van der Waals surface area (Å²) in [6, 6.07) is 9.46. The topological polar surface area (TPSA) is 150 Å². The quantitative estimate of drug-likeness (QED) is 0.403. The van der Waals surface area contributed by atoms with Gasteiger partial charge < -0.3 is 39.4 Å². The molecule has 0 saturated carbocycles. The second-order valence-corrected chi connectivity index (χ2v) is 7.33. The molecule has 9 nitrogen and oxygen atoms in total. The minimum absolute atomic E-state index is 0.0356. The van der Waals surface area contributed by atoms with Crippen LogP contribution in [0.25, 0.3) is 22.1 Å². The van der Waals surface area contributed by atoms with Gasteiger partial charge in [-0.1, -0.05) is 12.1 Å². The van der Waals surface area contributed by atoms with Crippen molar-refractivity contribution in [2.75, 3.05) is 13.7 Å². The monoisotopic (exact) mass is 430 g/mol. The van der Waals surface area contributed by atoms with E-state index in [1.54, 1.807) is 24.3 Å². The number of fused-ring (bicyclic) bond motifs is 1. The molecule has 5 N–H and O–H groups in total. The van der Waals surface area contributed by atoms with Crippen LogP contribution >= 0.6 is 0 Å². The van der Waals surface area contributed by atoms with Crippen LogP contribution in [0.15, 0.2) is 51.9 Å². The van der Waals surface area contributed by atoms with Gasteiger partial charge in [0, 0.05) is 0 Å². The maximum absolute atomic E-state index is 13.1. The summed E-state index contributed by atoms with van der Waals surface area (Å²) in [5.41, 5.74) is 0.399. The Labute approximate surface area is 176 Å². The zero-order valence-electron chi connectivity index (χ0n) is 16.5. The first-order valence-corrected chi connectivity index (χ1v) is 9.59. The molecule has 0 amide bonds. The number of benzene rings is 2. The number of hydrogen-bond acceptors (Lipinski definition) is 9. The van der Waals surface area contributed by atoms with E-state index in [0.29, 0.717) is 11.3 Å². The van der Waals surface area contributed by atoms with Gasteiger partial charge in [0.1, 0.15) is 53.9 Å². The highest BCUT2D eigenvalue weighted by Crippen LogP contribution is 2.40. The van der Waals surface area contributed by atoms with Crippen molar-refractivity contribution in [3.05, 3.63) is 58.4 Å². The number of rotatable bonds is 4. The Morgan fingerprint density at radius 2 is 1.71 bits per heavy atom. The Kier molecular flexibility index (Phi) is 5.69. The predicted molar refractivity (Wildman–Crippen MR) is 109 cm³/mol.